The Morgan fingerprint density at radius 2 is 1.79 bits per heavy atom. The monoisotopic (exact) mass is 257 g/mol. The Morgan fingerprint density at radius 3 is 2.37 bits per heavy atom. The van der Waals surface area contributed by atoms with E-state index in [1.54, 1.807) is 30.3 Å². The summed E-state index contributed by atoms with van der Waals surface area (Å²) in [6.45, 7) is -0.220. The quantitative estimate of drug-likeness (QED) is 0.448. The molecule has 0 saturated carbocycles. The van der Waals surface area contributed by atoms with E-state index < -0.39 is 17.8 Å². The van der Waals surface area contributed by atoms with E-state index in [9.17, 15) is 14.4 Å². The number of rotatable bonds is 3. The van der Waals surface area contributed by atoms with Crippen LogP contribution in [-0.4, -0.2) is 41.3 Å². The normalized spacial score (nSPS) is 14.8. The van der Waals surface area contributed by atoms with Gasteiger partial charge < -0.3 is 0 Å². The second kappa shape index (κ2) is 4.82. The third-order valence-corrected chi connectivity index (χ3v) is 2.71. The standard InChI is InChI=1S/C13H11N3O3/c1-3-9-15-11(17)12(18)16(13(15)19)14(2)10-7-5-4-6-8-10/h1,4-8H,9H2,2H3. The fourth-order valence-electron chi connectivity index (χ4n) is 1.75. The molecule has 0 bridgehead atoms. The number of para-hydroxylation sites is 1. The van der Waals surface area contributed by atoms with Gasteiger partial charge in [0, 0.05) is 7.05 Å². The third kappa shape index (κ3) is 2.02. The first-order valence-corrected chi connectivity index (χ1v) is 5.50. The van der Waals surface area contributed by atoms with Crippen molar-refractivity contribution in [3.63, 3.8) is 0 Å². The number of carbonyl (C=O) groups excluding carboxylic acids is 3. The van der Waals surface area contributed by atoms with Gasteiger partial charge in [-0.2, -0.15) is 5.01 Å². The summed E-state index contributed by atoms with van der Waals surface area (Å²) in [6, 6.07) is 8.03. The van der Waals surface area contributed by atoms with Gasteiger partial charge in [0.1, 0.15) is 0 Å². The highest BCUT2D eigenvalue weighted by Crippen LogP contribution is 2.19. The molecule has 1 aromatic rings. The van der Waals surface area contributed by atoms with Gasteiger partial charge in [-0.05, 0) is 12.1 Å². The molecule has 0 N–H and O–H groups in total. The fourth-order valence-corrected chi connectivity index (χ4v) is 1.75. The predicted octanol–water partition coefficient (Wildman–Crippen LogP) is 0.462. The molecule has 0 radical (unpaired) electrons. The van der Waals surface area contributed by atoms with Crippen molar-refractivity contribution in [3.05, 3.63) is 30.3 Å². The van der Waals surface area contributed by atoms with Gasteiger partial charge >= 0.3 is 17.8 Å². The molecule has 1 aliphatic rings. The maximum Gasteiger partial charge on any atom is 0.354 e. The Morgan fingerprint density at radius 1 is 1.16 bits per heavy atom. The molecule has 6 nitrogen and oxygen atoms in total. The van der Waals surface area contributed by atoms with E-state index in [4.69, 9.17) is 6.42 Å². The van der Waals surface area contributed by atoms with Crippen molar-refractivity contribution in [1.82, 2.24) is 9.91 Å². The molecule has 1 fully saturated rings. The lowest BCUT2D eigenvalue weighted by Gasteiger charge is -2.26. The Hall–Kier alpha value is -2.81. The number of hydrogen-bond acceptors (Lipinski definition) is 4. The van der Waals surface area contributed by atoms with Crippen LogP contribution in [0.25, 0.3) is 0 Å². The van der Waals surface area contributed by atoms with Crippen LogP contribution in [0.4, 0.5) is 10.5 Å². The number of imide groups is 2. The maximum atomic E-state index is 12.0. The molecule has 96 valence electrons. The fraction of sp³-hybridized carbons (Fsp3) is 0.154. The van der Waals surface area contributed by atoms with Crippen LogP contribution in [0.2, 0.25) is 0 Å². The summed E-state index contributed by atoms with van der Waals surface area (Å²) in [4.78, 5) is 36.2. The van der Waals surface area contributed by atoms with Crippen molar-refractivity contribution in [2.75, 3.05) is 18.6 Å². The molecular weight excluding hydrogens is 246 g/mol. The molecule has 6 heteroatoms. The van der Waals surface area contributed by atoms with E-state index in [0.29, 0.717) is 5.69 Å². The second-order valence-electron chi connectivity index (χ2n) is 3.85. The minimum Gasteiger partial charge on any atom is -0.277 e. The summed E-state index contributed by atoms with van der Waals surface area (Å²) < 4.78 is 0. The van der Waals surface area contributed by atoms with Crippen molar-refractivity contribution in [2.45, 2.75) is 0 Å². The molecule has 1 aliphatic heterocycles. The van der Waals surface area contributed by atoms with E-state index in [2.05, 4.69) is 5.92 Å². The summed E-state index contributed by atoms with van der Waals surface area (Å²) in [5.41, 5.74) is 0.611. The number of nitrogens with zero attached hydrogens (tertiary/aromatic N) is 3. The van der Waals surface area contributed by atoms with Crippen LogP contribution < -0.4 is 5.01 Å². The zero-order chi connectivity index (χ0) is 14.0. The molecule has 0 atom stereocenters. The topological polar surface area (TPSA) is 60.9 Å². The molecular formula is C13H11N3O3. The molecule has 0 spiro atoms. The Kier molecular flexibility index (Phi) is 3.21. The predicted molar refractivity (Wildman–Crippen MR) is 67.6 cm³/mol. The zero-order valence-corrected chi connectivity index (χ0v) is 10.2. The Balaban J connectivity index is 2.31. The largest absolute Gasteiger partial charge is 0.354 e. The zero-order valence-electron chi connectivity index (χ0n) is 10.2. The van der Waals surface area contributed by atoms with E-state index in [1.807, 2.05) is 0 Å². The third-order valence-electron chi connectivity index (χ3n) is 2.71. The van der Waals surface area contributed by atoms with Crippen molar-refractivity contribution in [3.8, 4) is 12.3 Å². The minimum atomic E-state index is -0.911. The van der Waals surface area contributed by atoms with Crippen LogP contribution in [0.5, 0.6) is 0 Å². The summed E-state index contributed by atoms with van der Waals surface area (Å²) >= 11 is 0. The van der Waals surface area contributed by atoms with Crippen molar-refractivity contribution in [1.29, 1.82) is 0 Å². The molecule has 4 amide bonds. The number of anilines is 1. The Labute approximate surface area is 110 Å². The number of amides is 4. The lowest BCUT2D eigenvalue weighted by molar-refractivity contribution is -0.143. The summed E-state index contributed by atoms with van der Waals surface area (Å²) in [7, 11) is 1.53. The molecule has 0 aliphatic carbocycles. The maximum absolute atomic E-state index is 12.0. The van der Waals surface area contributed by atoms with Crippen molar-refractivity contribution in [2.24, 2.45) is 0 Å². The lowest BCUT2D eigenvalue weighted by atomic mass is 10.3. The summed E-state index contributed by atoms with van der Waals surface area (Å²) in [6.07, 6.45) is 5.07. The number of carbonyl (C=O) groups is 3. The van der Waals surface area contributed by atoms with Crippen molar-refractivity contribution < 1.29 is 14.4 Å². The van der Waals surface area contributed by atoms with Crippen molar-refractivity contribution >= 4 is 23.5 Å². The summed E-state index contributed by atoms with van der Waals surface area (Å²) in [5, 5.41) is 2.09. The average Bonchev–Trinajstić information content (AvgIpc) is 2.64. The van der Waals surface area contributed by atoms with Gasteiger partial charge in [-0.1, -0.05) is 24.1 Å². The molecule has 0 unspecified atom stereocenters. The first-order valence-electron chi connectivity index (χ1n) is 5.50. The molecule has 1 heterocycles. The van der Waals surface area contributed by atoms with Gasteiger partial charge in [-0.3, -0.25) is 14.6 Å². The number of urea groups is 1. The van der Waals surface area contributed by atoms with Gasteiger partial charge in [-0.25, -0.2) is 9.69 Å². The van der Waals surface area contributed by atoms with Crippen LogP contribution in [0.1, 0.15) is 0 Å². The number of benzene rings is 1. The first-order chi connectivity index (χ1) is 9.07. The number of terminal acetylenes is 1. The first kappa shape index (κ1) is 12.6. The van der Waals surface area contributed by atoms with Crippen LogP contribution in [0.3, 0.4) is 0 Å². The average molecular weight is 257 g/mol. The minimum absolute atomic E-state index is 0.220. The summed E-state index contributed by atoms with van der Waals surface area (Å²) in [5.74, 6) is 0.355. The Bertz CT molecular complexity index is 577. The molecule has 19 heavy (non-hydrogen) atoms. The molecule has 1 saturated heterocycles. The van der Waals surface area contributed by atoms with Crippen LogP contribution >= 0.6 is 0 Å². The SMILES string of the molecule is C#CCN1C(=O)C(=O)N(N(C)c2ccccc2)C1=O. The van der Waals surface area contributed by atoms with Gasteiger partial charge in [0.15, 0.2) is 0 Å². The molecule has 1 aromatic carbocycles. The molecule has 2 rings (SSSR count). The van der Waals surface area contributed by atoms with E-state index in [1.165, 1.54) is 12.1 Å². The highest BCUT2D eigenvalue weighted by Gasteiger charge is 2.46. The van der Waals surface area contributed by atoms with Crippen LogP contribution in [0, 0.1) is 12.3 Å². The van der Waals surface area contributed by atoms with Gasteiger partial charge in [0.2, 0.25) is 0 Å². The second-order valence-corrected chi connectivity index (χ2v) is 3.85. The van der Waals surface area contributed by atoms with Gasteiger partial charge in [-0.15, -0.1) is 6.42 Å². The highest BCUT2D eigenvalue weighted by atomic mass is 16.2. The van der Waals surface area contributed by atoms with Gasteiger partial charge in [0.25, 0.3) is 0 Å². The number of hydrogen-bond donors (Lipinski definition) is 0. The van der Waals surface area contributed by atoms with Crippen LogP contribution in [0.15, 0.2) is 30.3 Å². The molecule has 0 aromatic heterocycles. The number of hydrazine groups is 1. The van der Waals surface area contributed by atoms with Gasteiger partial charge in [0.05, 0.1) is 12.2 Å². The highest BCUT2D eigenvalue weighted by molar-refractivity contribution is 6.45. The van der Waals surface area contributed by atoms with E-state index in [-0.39, 0.29) is 6.54 Å². The lowest BCUT2D eigenvalue weighted by Crippen LogP contribution is -2.45. The van der Waals surface area contributed by atoms with Crippen LogP contribution in [-0.2, 0) is 9.59 Å². The van der Waals surface area contributed by atoms with E-state index >= 15 is 0 Å². The van der Waals surface area contributed by atoms with E-state index in [0.717, 1.165) is 9.91 Å². The smallest absolute Gasteiger partial charge is 0.277 e.